The lowest BCUT2D eigenvalue weighted by molar-refractivity contribution is 0.0985. The van der Waals surface area contributed by atoms with Gasteiger partial charge in [0.05, 0.1) is 24.3 Å². The molecule has 7 heteroatoms. The lowest BCUT2D eigenvalue weighted by Crippen LogP contribution is -2.38. The van der Waals surface area contributed by atoms with Crippen molar-refractivity contribution in [1.29, 1.82) is 0 Å². The van der Waals surface area contributed by atoms with E-state index in [1.54, 1.807) is 6.07 Å². The Bertz CT molecular complexity index is 671. The molecule has 2 fully saturated rings. The van der Waals surface area contributed by atoms with Gasteiger partial charge in [-0.25, -0.2) is 9.97 Å². The van der Waals surface area contributed by atoms with Gasteiger partial charge in [0.2, 0.25) is 5.95 Å². The van der Waals surface area contributed by atoms with Crippen LogP contribution in [-0.4, -0.2) is 39.8 Å². The highest BCUT2D eigenvalue weighted by Crippen LogP contribution is 2.34. The van der Waals surface area contributed by atoms with Crippen LogP contribution in [-0.2, 0) is 11.8 Å². The van der Waals surface area contributed by atoms with Crippen molar-refractivity contribution in [2.24, 2.45) is 7.05 Å². The highest BCUT2D eigenvalue weighted by Gasteiger charge is 2.40. The number of hydrogen-bond acceptors (Lipinski definition) is 4. The summed E-state index contributed by atoms with van der Waals surface area (Å²) in [5.74, 6) is 0.914. The summed E-state index contributed by atoms with van der Waals surface area (Å²) in [4.78, 5) is 11.0. The van der Waals surface area contributed by atoms with Crippen LogP contribution in [0.1, 0.15) is 6.42 Å². The zero-order chi connectivity index (χ0) is 13.1. The number of anilines is 1. The molecule has 2 saturated heterocycles. The third-order valence-corrected chi connectivity index (χ3v) is 4.39. The molecule has 0 aliphatic carbocycles. The molecule has 4 heterocycles. The third kappa shape index (κ3) is 1.65. The van der Waals surface area contributed by atoms with Crippen LogP contribution < -0.4 is 4.90 Å². The molecule has 4 rings (SSSR count). The van der Waals surface area contributed by atoms with Gasteiger partial charge in [0.25, 0.3) is 0 Å². The first-order valence-corrected chi connectivity index (χ1v) is 6.96. The quantitative estimate of drug-likeness (QED) is 0.758. The Balaban J connectivity index is 1.87. The van der Waals surface area contributed by atoms with Gasteiger partial charge < -0.3 is 14.2 Å². The highest BCUT2D eigenvalue weighted by molar-refractivity contribution is 6.36. The molecule has 2 atom stereocenters. The first kappa shape index (κ1) is 11.8. The zero-order valence-electron chi connectivity index (χ0n) is 10.3. The largest absolute Gasteiger partial charge is 0.374 e. The molecule has 100 valence electrons. The van der Waals surface area contributed by atoms with Crippen molar-refractivity contribution in [2.75, 3.05) is 18.1 Å². The molecular formula is C12H12Cl2N4O. The van der Waals surface area contributed by atoms with E-state index in [-0.39, 0.29) is 0 Å². The van der Waals surface area contributed by atoms with Gasteiger partial charge in [0.15, 0.2) is 5.15 Å². The van der Waals surface area contributed by atoms with Crippen LogP contribution in [0.3, 0.4) is 0 Å². The zero-order valence-corrected chi connectivity index (χ0v) is 11.8. The lowest BCUT2D eigenvalue weighted by Gasteiger charge is -2.27. The van der Waals surface area contributed by atoms with Gasteiger partial charge in [-0.15, -0.1) is 0 Å². The predicted molar refractivity (Wildman–Crippen MR) is 74.0 cm³/mol. The van der Waals surface area contributed by atoms with E-state index >= 15 is 0 Å². The van der Waals surface area contributed by atoms with Crippen LogP contribution in [0, 0.1) is 0 Å². The number of imidazole rings is 1. The van der Waals surface area contributed by atoms with E-state index in [0.717, 1.165) is 31.0 Å². The number of rotatable bonds is 1. The molecule has 0 radical (unpaired) electrons. The molecule has 2 aromatic heterocycles. The SMILES string of the molecule is Cn1c(N2C[C@@H]3C[C@H]2CO3)nc2c(Cl)nc(Cl)cc21. The average molecular weight is 299 g/mol. The molecule has 0 saturated carbocycles. The Morgan fingerprint density at radius 2 is 2.21 bits per heavy atom. The molecule has 5 nitrogen and oxygen atoms in total. The molecule has 2 bridgehead atoms. The van der Waals surface area contributed by atoms with Crippen LogP contribution in [0.5, 0.6) is 0 Å². The highest BCUT2D eigenvalue weighted by atomic mass is 35.5. The first-order chi connectivity index (χ1) is 9.13. The maximum absolute atomic E-state index is 6.12. The maximum Gasteiger partial charge on any atom is 0.206 e. The normalized spacial score (nSPS) is 25.7. The summed E-state index contributed by atoms with van der Waals surface area (Å²) >= 11 is 12.1. The Morgan fingerprint density at radius 1 is 1.37 bits per heavy atom. The fraction of sp³-hybridized carbons (Fsp3) is 0.500. The van der Waals surface area contributed by atoms with Crippen LogP contribution in [0.2, 0.25) is 10.3 Å². The number of pyridine rings is 1. The van der Waals surface area contributed by atoms with E-state index in [1.165, 1.54) is 0 Å². The summed E-state index contributed by atoms with van der Waals surface area (Å²) in [6, 6.07) is 2.21. The van der Waals surface area contributed by atoms with E-state index in [2.05, 4.69) is 14.9 Å². The maximum atomic E-state index is 6.12. The minimum atomic E-state index is 0.335. The van der Waals surface area contributed by atoms with E-state index in [4.69, 9.17) is 27.9 Å². The third-order valence-electron chi connectivity index (χ3n) is 3.93. The standard InChI is InChI=1S/C12H12Cl2N4O/c1-17-8-3-9(13)15-11(14)10(8)16-12(17)18-4-7-2-6(18)5-19-7/h3,6-7H,2,4-5H2,1H3/t6-,7-/m0/s1. The minimum Gasteiger partial charge on any atom is -0.374 e. The summed E-state index contributed by atoms with van der Waals surface area (Å²) in [5, 5.41) is 0.739. The van der Waals surface area contributed by atoms with Gasteiger partial charge in [-0.05, 0) is 6.42 Å². The topological polar surface area (TPSA) is 43.2 Å². The van der Waals surface area contributed by atoms with E-state index in [9.17, 15) is 0 Å². The fourth-order valence-corrected chi connectivity index (χ4v) is 3.47. The molecule has 0 unspecified atom stereocenters. The number of fused-ring (bicyclic) bond motifs is 3. The molecule has 2 aliphatic heterocycles. The average Bonchev–Trinajstić information content (AvgIpc) is 3.04. The Hall–Kier alpha value is -1.04. The number of halogens is 2. The monoisotopic (exact) mass is 298 g/mol. The molecule has 2 aliphatic rings. The molecule has 2 aromatic rings. The Kier molecular flexibility index (Phi) is 2.46. The van der Waals surface area contributed by atoms with Gasteiger partial charge in [-0.1, -0.05) is 23.2 Å². The molecule has 0 amide bonds. The number of ether oxygens (including phenoxy) is 1. The minimum absolute atomic E-state index is 0.335. The number of aromatic nitrogens is 3. The second-order valence-corrected chi connectivity index (χ2v) is 5.82. The van der Waals surface area contributed by atoms with Crippen molar-refractivity contribution >= 4 is 40.2 Å². The smallest absolute Gasteiger partial charge is 0.206 e. The summed E-state index contributed by atoms with van der Waals surface area (Å²) in [6.45, 7) is 1.67. The van der Waals surface area contributed by atoms with Gasteiger partial charge in [0.1, 0.15) is 10.7 Å². The predicted octanol–water partition coefficient (Wildman–Crippen LogP) is 2.25. The number of morpholine rings is 1. The lowest BCUT2D eigenvalue weighted by atomic mass is 10.2. The van der Waals surface area contributed by atoms with Gasteiger partial charge >= 0.3 is 0 Å². The molecule has 0 spiro atoms. The van der Waals surface area contributed by atoms with Gasteiger partial charge in [0, 0.05) is 19.7 Å². The Labute approximate surface area is 120 Å². The van der Waals surface area contributed by atoms with Crippen molar-refractivity contribution in [2.45, 2.75) is 18.6 Å². The van der Waals surface area contributed by atoms with Crippen molar-refractivity contribution in [3.8, 4) is 0 Å². The fourth-order valence-electron chi connectivity index (χ4n) is 3.01. The summed E-state index contributed by atoms with van der Waals surface area (Å²) in [7, 11) is 1.98. The number of nitrogens with zero attached hydrogens (tertiary/aromatic N) is 4. The van der Waals surface area contributed by atoms with E-state index < -0.39 is 0 Å². The summed E-state index contributed by atoms with van der Waals surface area (Å²) < 4.78 is 7.65. The van der Waals surface area contributed by atoms with Crippen LogP contribution in [0.25, 0.3) is 11.0 Å². The molecular weight excluding hydrogens is 287 g/mol. The number of hydrogen-bond donors (Lipinski definition) is 0. The summed E-state index contributed by atoms with van der Waals surface area (Å²) in [6.07, 6.45) is 1.41. The first-order valence-electron chi connectivity index (χ1n) is 6.20. The van der Waals surface area contributed by atoms with Gasteiger partial charge in [-0.3, -0.25) is 0 Å². The van der Waals surface area contributed by atoms with Crippen LogP contribution >= 0.6 is 23.2 Å². The Morgan fingerprint density at radius 3 is 2.89 bits per heavy atom. The summed E-state index contributed by atoms with van der Waals surface area (Å²) in [5.41, 5.74) is 1.61. The second-order valence-electron chi connectivity index (χ2n) is 5.07. The van der Waals surface area contributed by atoms with Crippen molar-refractivity contribution < 1.29 is 4.74 Å². The van der Waals surface area contributed by atoms with Crippen molar-refractivity contribution in [1.82, 2.24) is 14.5 Å². The molecule has 0 aromatic carbocycles. The van der Waals surface area contributed by atoms with Crippen LogP contribution in [0.4, 0.5) is 5.95 Å². The van der Waals surface area contributed by atoms with Crippen LogP contribution in [0.15, 0.2) is 6.07 Å². The van der Waals surface area contributed by atoms with E-state index in [1.807, 2.05) is 11.6 Å². The van der Waals surface area contributed by atoms with Gasteiger partial charge in [-0.2, -0.15) is 0 Å². The van der Waals surface area contributed by atoms with Crippen molar-refractivity contribution in [3.05, 3.63) is 16.4 Å². The molecule has 0 N–H and O–H groups in total. The molecule has 19 heavy (non-hydrogen) atoms. The second kappa shape index (κ2) is 3.98. The number of aryl methyl sites for hydroxylation is 1. The van der Waals surface area contributed by atoms with E-state index in [0.29, 0.717) is 28.0 Å². The van der Waals surface area contributed by atoms with Crippen molar-refractivity contribution in [3.63, 3.8) is 0 Å².